The maximum atomic E-state index is 12.2. The van der Waals surface area contributed by atoms with Crippen LogP contribution in [-0.2, 0) is 0 Å². The minimum absolute atomic E-state index is 0. The zero-order valence-electron chi connectivity index (χ0n) is 6.90. The van der Waals surface area contributed by atoms with Crippen LogP contribution in [0.25, 0.3) is 0 Å². The molecule has 0 aliphatic heterocycles. The summed E-state index contributed by atoms with van der Waals surface area (Å²) >= 11 is 5.32. The zero-order chi connectivity index (χ0) is 9.35. The van der Waals surface area contributed by atoms with Crippen molar-refractivity contribution < 1.29 is 64.3 Å². The molecule has 0 aromatic heterocycles. The molecule has 1 nitrogen and oxygen atoms in total. The Bertz CT molecular complexity index is 304. The standard InChI is InChI=1S/C6H5BClF3N.K/c8-6-2-1-4(12)3-5(6)7(9,10)11;/h1-3H,12H2;/q-1;+1. The Morgan fingerprint density at radius 3 is 2.15 bits per heavy atom. The average Bonchev–Trinajstić information content (AvgIpc) is 1.92. The molecule has 0 unspecified atom stereocenters. The van der Waals surface area contributed by atoms with E-state index in [1.807, 2.05) is 0 Å². The van der Waals surface area contributed by atoms with Crippen molar-refractivity contribution in [2.75, 3.05) is 5.73 Å². The van der Waals surface area contributed by atoms with E-state index in [1.54, 1.807) is 0 Å². The second kappa shape index (κ2) is 5.04. The van der Waals surface area contributed by atoms with E-state index in [1.165, 1.54) is 6.07 Å². The Hall–Kier alpha value is 0.801. The minimum atomic E-state index is -5.06. The maximum Gasteiger partial charge on any atom is 1.00 e. The van der Waals surface area contributed by atoms with Crippen LogP contribution < -0.4 is 62.6 Å². The Morgan fingerprint density at radius 2 is 1.77 bits per heavy atom. The van der Waals surface area contributed by atoms with Crippen LogP contribution in [0.2, 0.25) is 5.02 Å². The van der Waals surface area contributed by atoms with Crippen molar-refractivity contribution in [3.05, 3.63) is 23.2 Å². The molecule has 0 saturated heterocycles. The van der Waals surface area contributed by atoms with Gasteiger partial charge in [-0.2, -0.15) is 0 Å². The molecule has 66 valence electrons. The van der Waals surface area contributed by atoms with Crippen LogP contribution in [0.1, 0.15) is 0 Å². The third-order valence-corrected chi connectivity index (χ3v) is 1.72. The molecule has 1 rings (SSSR count). The SMILES string of the molecule is Nc1ccc(Cl)c([B-](F)(F)F)c1.[K+]. The van der Waals surface area contributed by atoms with Gasteiger partial charge in [0, 0.05) is 10.7 Å². The largest absolute Gasteiger partial charge is 1.00 e. The van der Waals surface area contributed by atoms with Gasteiger partial charge < -0.3 is 18.7 Å². The summed E-state index contributed by atoms with van der Waals surface area (Å²) in [5.41, 5.74) is 4.40. The number of anilines is 1. The first-order chi connectivity index (χ1) is 5.41. The summed E-state index contributed by atoms with van der Waals surface area (Å²) in [6, 6.07) is 3.30. The molecule has 0 bridgehead atoms. The van der Waals surface area contributed by atoms with Crippen LogP contribution in [0.5, 0.6) is 0 Å². The monoisotopic (exact) mass is 233 g/mol. The van der Waals surface area contributed by atoms with Crippen molar-refractivity contribution in [1.82, 2.24) is 0 Å². The number of rotatable bonds is 1. The van der Waals surface area contributed by atoms with Crippen LogP contribution in [0.15, 0.2) is 18.2 Å². The summed E-state index contributed by atoms with van der Waals surface area (Å²) in [7, 11) is 0. The minimum Gasteiger partial charge on any atom is -0.445 e. The number of benzene rings is 1. The third-order valence-electron chi connectivity index (χ3n) is 1.37. The van der Waals surface area contributed by atoms with Gasteiger partial charge in [-0.05, 0) is 12.1 Å². The summed E-state index contributed by atoms with van der Waals surface area (Å²) in [5.74, 6) is 0. The van der Waals surface area contributed by atoms with Gasteiger partial charge in [-0.25, -0.2) is 0 Å². The maximum absolute atomic E-state index is 12.2. The molecule has 1 aromatic carbocycles. The van der Waals surface area contributed by atoms with Gasteiger partial charge in [0.15, 0.2) is 0 Å². The summed E-state index contributed by atoms with van der Waals surface area (Å²) in [6.45, 7) is -5.06. The fourth-order valence-electron chi connectivity index (χ4n) is 0.813. The molecule has 0 saturated carbocycles. The normalized spacial score (nSPS) is 10.8. The number of hydrogen-bond donors (Lipinski definition) is 1. The van der Waals surface area contributed by atoms with E-state index in [4.69, 9.17) is 17.3 Å². The molecule has 0 atom stereocenters. The summed E-state index contributed by atoms with van der Waals surface area (Å²) < 4.78 is 36.5. The first kappa shape index (κ1) is 13.8. The molecular weight excluding hydrogens is 228 g/mol. The zero-order valence-corrected chi connectivity index (χ0v) is 10.8. The smallest absolute Gasteiger partial charge is 0.445 e. The van der Waals surface area contributed by atoms with Gasteiger partial charge in [0.2, 0.25) is 0 Å². The van der Waals surface area contributed by atoms with Gasteiger partial charge in [-0.15, -0.1) is 0 Å². The van der Waals surface area contributed by atoms with Gasteiger partial charge in [0.05, 0.1) is 0 Å². The number of nitrogen functional groups attached to an aromatic ring is 1. The molecule has 7 heteroatoms. The van der Waals surface area contributed by atoms with Gasteiger partial charge in [-0.3, -0.25) is 0 Å². The van der Waals surface area contributed by atoms with Crippen molar-refractivity contribution in [2.24, 2.45) is 0 Å². The molecule has 0 aliphatic carbocycles. The van der Waals surface area contributed by atoms with E-state index in [2.05, 4.69) is 0 Å². The van der Waals surface area contributed by atoms with Crippen molar-refractivity contribution in [3.63, 3.8) is 0 Å². The molecule has 0 aliphatic rings. The van der Waals surface area contributed by atoms with E-state index in [0.29, 0.717) is 0 Å². The molecule has 0 amide bonds. The van der Waals surface area contributed by atoms with Crippen LogP contribution in [0.4, 0.5) is 18.6 Å². The van der Waals surface area contributed by atoms with E-state index >= 15 is 0 Å². The van der Waals surface area contributed by atoms with Crippen molar-refractivity contribution in [1.29, 1.82) is 0 Å². The predicted molar refractivity (Wildman–Crippen MR) is 44.6 cm³/mol. The third kappa shape index (κ3) is 3.81. The van der Waals surface area contributed by atoms with E-state index < -0.39 is 12.4 Å². The molecular formula is C6H5BClF3KN. The molecule has 0 radical (unpaired) electrons. The number of hydrogen-bond acceptors (Lipinski definition) is 1. The predicted octanol–water partition coefficient (Wildman–Crippen LogP) is -1.02. The molecule has 2 N–H and O–H groups in total. The second-order valence-electron chi connectivity index (χ2n) is 2.36. The molecule has 13 heavy (non-hydrogen) atoms. The van der Waals surface area contributed by atoms with Crippen molar-refractivity contribution >= 4 is 29.7 Å². The van der Waals surface area contributed by atoms with Gasteiger partial charge >= 0.3 is 58.4 Å². The Kier molecular flexibility index (Phi) is 5.35. The summed E-state index contributed by atoms with van der Waals surface area (Å²) in [6.07, 6.45) is 0. The number of halogens is 4. The van der Waals surface area contributed by atoms with Crippen molar-refractivity contribution in [2.45, 2.75) is 0 Å². The Morgan fingerprint density at radius 1 is 1.23 bits per heavy atom. The fraction of sp³-hybridized carbons (Fsp3) is 0. The quantitative estimate of drug-likeness (QED) is 0.488. The number of nitrogens with two attached hydrogens (primary N) is 1. The van der Waals surface area contributed by atoms with Gasteiger partial charge in [0.1, 0.15) is 0 Å². The van der Waals surface area contributed by atoms with Crippen LogP contribution in [0, 0.1) is 0 Å². The van der Waals surface area contributed by atoms with Crippen LogP contribution >= 0.6 is 11.6 Å². The van der Waals surface area contributed by atoms with Crippen molar-refractivity contribution in [3.8, 4) is 0 Å². The topological polar surface area (TPSA) is 26.0 Å². The first-order valence-electron chi connectivity index (χ1n) is 3.16. The van der Waals surface area contributed by atoms with E-state index in [9.17, 15) is 12.9 Å². The molecule has 1 aromatic rings. The Balaban J connectivity index is 0.00000144. The van der Waals surface area contributed by atoms with Crippen LogP contribution in [0.3, 0.4) is 0 Å². The van der Waals surface area contributed by atoms with E-state index in [-0.39, 0.29) is 62.1 Å². The molecule has 0 fully saturated rings. The van der Waals surface area contributed by atoms with Crippen LogP contribution in [-0.4, -0.2) is 6.98 Å². The second-order valence-corrected chi connectivity index (χ2v) is 2.76. The molecule has 0 heterocycles. The van der Waals surface area contributed by atoms with Gasteiger partial charge in [0.25, 0.3) is 0 Å². The summed E-state index contributed by atoms with van der Waals surface area (Å²) in [4.78, 5) is 0. The van der Waals surface area contributed by atoms with E-state index in [0.717, 1.165) is 12.1 Å². The Labute approximate surface area is 121 Å². The van der Waals surface area contributed by atoms with Gasteiger partial charge in [-0.1, -0.05) is 23.1 Å². The fourth-order valence-corrected chi connectivity index (χ4v) is 1.05. The average molecular weight is 233 g/mol. The summed E-state index contributed by atoms with van der Waals surface area (Å²) in [5, 5.41) is -0.309. The molecule has 0 spiro atoms. The first-order valence-corrected chi connectivity index (χ1v) is 3.54.